The van der Waals surface area contributed by atoms with E-state index in [2.05, 4.69) is 20.8 Å². The molecule has 0 aliphatic carbocycles. The molecule has 5 heteroatoms. The summed E-state index contributed by atoms with van der Waals surface area (Å²) in [4.78, 5) is 15.1. The zero-order valence-corrected chi connectivity index (χ0v) is 15.3. The van der Waals surface area contributed by atoms with E-state index in [1.54, 1.807) is 0 Å². The van der Waals surface area contributed by atoms with Gasteiger partial charge in [-0.15, -0.1) is 0 Å². The SMILES string of the molecule is CCc1c(C(=O)N2CCCC2)c(C(C)C)nn1-c1ccccc1Cl. The third-order valence-corrected chi connectivity index (χ3v) is 4.90. The van der Waals surface area contributed by atoms with Gasteiger partial charge in [0, 0.05) is 13.1 Å². The molecule has 4 nitrogen and oxygen atoms in total. The molecule has 1 saturated heterocycles. The van der Waals surface area contributed by atoms with Gasteiger partial charge in [-0.2, -0.15) is 5.10 Å². The molecule has 1 fully saturated rings. The Labute approximate surface area is 148 Å². The second-order valence-corrected chi connectivity index (χ2v) is 6.98. The molecule has 2 heterocycles. The Morgan fingerprint density at radius 2 is 1.92 bits per heavy atom. The third kappa shape index (κ3) is 2.95. The molecule has 1 aliphatic heterocycles. The van der Waals surface area contributed by atoms with Gasteiger partial charge in [0.1, 0.15) is 0 Å². The van der Waals surface area contributed by atoms with E-state index in [-0.39, 0.29) is 11.8 Å². The largest absolute Gasteiger partial charge is 0.339 e. The van der Waals surface area contributed by atoms with Crippen LogP contribution >= 0.6 is 11.6 Å². The van der Waals surface area contributed by atoms with E-state index in [1.807, 2.05) is 33.8 Å². The topological polar surface area (TPSA) is 38.1 Å². The predicted molar refractivity (Wildman–Crippen MR) is 97.2 cm³/mol. The molecule has 0 radical (unpaired) electrons. The number of carbonyl (C=O) groups excluding carboxylic acids is 1. The van der Waals surface area contributed by atoms with Gasteiger partial charge in [-0.3, -0.25) is 4.79 Å². The number of nitrogens with zero attached hydrogens (tertiary/aromatic N) is 3. The van der Waals surface area contributed by atoms with Crippen LogP contribution in [0, 0.1) is 0 Å². The van der Waals surface area contributed by atoms with Crippen molar-refractivity contribution in [2.45, 2.75) is 46.0 Å². The lowest BCUT2D eigenvalue weighted by molar-refractivity contribution is 0.0790. The zero-order chi connectivity index (χ0) is 17.3. The maximum absolute atomic E-state index is 13.1. The lowest BCUT2D eigenvalue weighted by Crippen LogP contribution is -2.29. The van der Waals surface area contributed by atoms with Crippen molar-refractivity contribution in [2.24, 2.45) is 0 Å². The van der Waals surface area contributed by atoms with Crippen molar-refractivity contribution in [2.75, 3.05) is 13.1 Å². The van der Waals surface area contributed by atoms with Crippen LogP contribution in [-0.4, -0.2) is 33.7 Å². The molecular formula is C19H24ClN3O. The van der Waals surface area contributed by atoms with Crippen molar-refractivity contribution in [3.63, 3.8) is 0 Å². The monoisotopic (exact) mass is 345 g/mol. The standard InChI is InChI=1S/C19H24ClN3O/c1-4-15-17(19(24)22-11-7-8-12-22)18(13(2)3)21-23(15)16-10-6-5-9-14(16)20/h5-6,9-10,13H,4,7-8,11-12H2,1-3H3. The molecule has 1 aliphatic rings. The number of carbonyl (C=O) groups is 1. The minimum Gasteiger partial charge on any atom is -0.339 e. The Hall–Kier alpha value is -1.81. The predicted octanol–water partition coefficient (Wildman–Crippen LogP) is 4.45. The normalized spacial score (nSPS) is 14.6. The summed E-state index contributed by atoms with van der Waals surface area (Å²) in [5, 5.41) is 5.43. The number of amides is 1. The molecular weight excluding hydrogens is 322 g/mol. The number of aromatic nitrogens is 2. The highest BCUT2D eigenvalue weighted by atomic mass is 35.5. The molecule has 0 saturated carbocycles. The summed E-state index contributed by atoms with van der Waals surface area (Å²) in [5.74, 6) is 0.298. The number of para-hydroxylation sites is 1. The number of benzene rings is 1. The minimum absolute atomic E-state index is 0.117. The van der Waals surface area contributed by atoms with Crippen molar-refractivity contribution >= 4 is 17.5 Å². The summed E-state index contributed by atoms with van der Waals surface area (Å²) >= 11 is 6.38. The van der Waals surface area contributed by atoms with Crippen LogP contribution in [0.2, 0.25) is 5.02 Å². The van der Waals surface area contributed by atoms with Crippen LogP contribution in [0.15, 0.2) is 24.3 Å². The van der Waals surface area contributed by atoms with Crippen LogP contribution in [0.3, 0.4) is 0 Å². The van der Waals surface area contributed by atoms with Crippen molar-refractivity contribution in [3.05, 3.63) is 46.2 Å². The molecule has 0 spiro atoms. The lowest BCUT2D eigenvalue weighted by Gasteiger charge is -2.17. The van der Waals surface area contributed by atoms with Crippen LogP contribution in [0.1, 0.15) is 61.3 Å². The molecule has 24 heavy (non-hydrogen) atoms. The second-order valence-electron chi connectivity index (χ2n) is 6.58. The van der Waals surface area contributed by atoms with Gasteiger partial charge < -0.3 is 4.90 Å². The highest BCUT2D eigenvalue weighted by Crippen LogP contribution is 2.30. The molecule has 128 valence electrons. The first-order valence-corrected chi connectivity index (χ1v) is 9.08. The van der Waals surface area contributed by atoms with Gasteiger partial charge in [0.05, 0.1) is 27.7 Å². The lowest BCUT2D eigenvalue weighted by atomic mass is 10.0. The summed E-state index contributed by atoms with van der Waals surface area (Å²) in [7, 11) is 0. The third-order valence-electron chi connectivity index (χ3n) is 4.58. The number of rotatable bonds is 4. The Bertz CT molecular complexity index is 745. The summed E-state index contributed by atoms with van der Waals surface area (Å²) < 4.78 is 1.86. The van der Waals surface area contributed by atoms with Crippen LogP contribution < -0.4 is 0 Å². The van der Waals surface area contributed by atoms with Gasteiger partial charge in [0.2, 0.25) is 0 Å². The number of hydrogen-bond acceptors (Lipinski definition) is 2. The van der Waals surface area contributed by atoms with Gasteiger partial charge in [0.25, 0.3) is 5.91 Å². The average Bonchev–Trinajstić information content (AvgIpc) is 3.22. The molecule has 1 amide bonds. The fourth-order valence-electron chi connectivity index (χ4n) is 3.34. The van der Waals surface area contributed by atoms with E-state index in [9.17, 15) is 4.79 Å². The molecule has 2 aromatic rings. The van der Waals surface area contributed by atoms with Gasteiger partial charge in [-0.05, 0) is 37.3 Å². The minimum atomic E-state index is 0.117. The first-order chi connectivity index (χ1) is 11.5. The molecule has 0 N–H and O–H groups in total. The quantitative estimate of drug-likeness (QED) is 0.821. The van der Waals surface area contributed by atoms with Crippen molar-refractivity contribution in [1.82, 2.24) is 14.7 Å². The average molecular weight is 346 g/mol. The van der Waals surface area contributed by atoms with Gasteiger partial charge in [-0.1, -0.05) is 44.5 Å². The molecule has 0 bridgehead atoms. The van der Waals surface area contributed by atoms with Crippen LogP contribution in [-0.2, 0) is 6.42 Å². The van der Waals surface area contributed by atoms with Crippen LogP contribution in [0.25, 0.3) is 5.69 Å². The highest BCUT2D eigenvalue weighted by Gasteiger charge is 2.30. The van der Waals surface area contributed by atoms with Gasteiger partial charge in [0.15, 0.2) is 0 Å². The van der Waals surface area contributed by atoms with Gasteiger partial charge >= 0.3 is 0 Å². The summed E-state index contributed by atoms with van der Waals surface area (Å²) in [6.07, 6.45) is 2.91. The van der Waals surface area contributed by atoms with E-state index in [1.165, 1.54) is 0 Å². The number of halogens is 1. The fraction of sp³-hybridized carbons (Fsp3) is 0.474. The van der Waals surface area contributed by atoms with E-state index in [0.717, 1.165) is 55.0 Å². The number of likely N-dealkylation sites (tertiary alicyclic amines) is 1. The molecule has 0 unspecified atom stereocenters. The smallest absolute Gasteiger partial charge is 0.257 e. The Balaban J connectivity index is 2.17. The van der Waals surface area contributed by atoms with E-state index in [0.29, 0.717) is 5.02 Å². The van der Waals surface area contributed by atoms with Crippen molar-refractivity contribution in [3.8, 4) is 5.69 Å². The maximum atomic E-state index is 13.1. The van der Waals surface area contributed by atoms with E-state index >= 15 is 0 Å². The molecule has 3 rings (SSSR count). The Kier molecular flexibility index (Phi) is 4.95. The number of hydrogen-bond donors (Lipinski definition) is 0. The van der Waals surface area contributed by atoms with Crippen molar-refractivity contribution in [1.29, 1.82) is 0 Å². The van der Waals surface area contributed by atoms with E-state index < -0.39 is 0 Å². The fourth-order valence-corrected chi connectivity index (χ4v) is 3.55. The zero-order valence-electron chi connectivity index (χ0n) is 14.6. The second kappa shape index (κ2) is 6.98. The first-order valence-electron chi connectivity index (χ1n) is 8.70. The molecule has 1 aromatic carbocycles. The van der Waals surface area contributed by atoms with Crippen LogP contribution in [0.4, 0.5) is 0 Å². The van der Waals surface area contributed by atoms with E-state index in [4.69, 9.17) is 16.7 Å². The molecule has 0 atom stereocenters. The Morgan fingerprint density at radius 1 is 1.25 bits per heavy atom. The van der Waals surface area contributed by atoms with Gasteiger partial charge in [-0.25, -0.2) is 4.68 Å². The highest BCUT2D eigenvalue weighted by molar-refractivity contribution is 6.32. The Morgan fingerprint density at radius 3 is 2.50 bits per heavy atom. The molecule has 1 aromatic heterocycles. The first kappa shape index (κ1) is 17.0. The summed E-state index contributed by atoms with van der Waals surface area (Å²) in [6.45, 7) is 7.92. The maximum Gasteiger partial charge on any atom is 0.257 e. The van der Waals surface area contributed by atoms with Crippen molar-refractivity contribution < 1.29 is 4.79 Å². The summed E-state index contributed by atoms with van der Waals surface area (Å²) in [6, 6.07) is 7.65. The van der Waals surface area contributed by atoms with Crippen LogP contribution in [0.5, 0.6) is 0 Å². The summed E-state index contributed by atoms with van der Waals surface area (Å²) in [5.41, 5.74) is 3.42.